The molecule has 0 rings (SSSR count). The summed E-state index contributed by atoms with van der Waals surface area (Å²) in [6.45, 7) is 6.58. The molecule has 354 valence electrons. The van der Waals surface area contributed by atoms with Gasteiger partial charge in [-0.15, -0.1) is 0 Å². The van der Waals surface area contributed by atoms with Crippen LogP contribution in [0.4, 0.5) is 0 Å². The second kappa shape index (κ2) is 50.0. The normalized spacial score (nSPS) is 12.4. The Morgan fingerprint density at radius 2 is 0.590 bits per heavy atom. The summed E-state index contributed by atoms with van der Waals surface area (Å²) in [7, 11) is 0. The fraction of sp³-hybridized carbons (Fsp3) is 0.800. The van der Waals surface area contributed by atoms with Gasteiger partial charge in [0.25, 0.3) is 0 Å². The van der Waals surface area contributed by atoms with Crippen LogP contribution in [-0.2, 0) is 28.6 Å². The van der Waals surface area contributed by atoms with Crippen LogP contribution in [0.2, 0.25) is 0 Å². The number of rotatable bonds is 47. The molecular formula is C55H98O6. The Balaban J connectivity index is 4.41. The monoisotopic (exact) mass is 855 g/mol. The van der Waals surface area contributed by atoms with Crippen molar-refractivity contribution in [1.82, 2.24) is 0 Å². The molecular weight excluding hydrogens is 757 g/mol. The standard InChI is InChI=1S/C55H98O6/c1-4-7-10-13-16-19-22-25-27-29-30-33-36-39-42-45-48-54(57)60-51-52(50-59-53(56)47-44-41-38-35-32-24-21-18-15-12-9-6-3)61-55(58)49-46-43-40-37-34-31-28-26-23-20-17-14-11-8-5-2/h17,19-20,22,26-29,52H,4-16,18,21,23-25,30-51H2,1-3H3/b20-17-,22-19-,28-26-,29-27-. The van der Waals surface area contributed by atoms with Gasteiger partial charge >= 0.3 is 17.9 Å². The Morgan fingerprint density at radius 3 is 0.951 bits per heavy atom. The summed E-state index contributed by atoms with van der Waals surface area (Å²) < 4.78 is 16.8. The summed E-state index contributed by atoms with van der Waals surface area (Å²) in [5, 5.41) is 0. The van der Waals surface area contributed by atoms with Crippen LogP contribution in [-0.4, -0.2) is 37.2 Å². The second-order valence-corrected chi connectivity index (χ2v) is 17.4. The van der Waals surface area contributed by atoms with Crippen molar-refractivity contribution in [3.05, 3.63) is 48.6 Å². The van der Waals surface area contributed by atoms with Crippen molar-refractivity contribution in [3.63, 3.8) is 0 Å². The molecule has 0 aliphatic heterocycles. The van der Waals surface area contributed by atoms with Crippen LogP contribution in [0.25, 0.3) is 0 Å². The van der Waals surface area contributed by atoms with Crippen molar-refractivity contribution in [2.45, 2.75) is 271 Å². The van der Waals surface area contributed by atoms with Crippen molar-refractivity contribution < 1.29 is 28.6 Å². The van der Waals surface area contributed by atoms with Crippen LogP contribution >= 0.6 is 0 Å². The molecule has 0 aromatic rings. The van der Waals surface area contributed by atoms with Gasteiger partial charge in [-0.05, 0) is 83.5 Å². The van der Waals surface area contributed by atoms with Gasteiger partial charge in [0.1, 0.15) is 13.2 Å². The quantitative estimate of drug-likeness (QED) is 0.0263. The molecule has 6 heteroatoms. The summed E-state index contributed by atoms with van der Waals surface area (Å²) in [6.07, 6.45) is 59.4. The molecule has 0 heterocycles. The first-order valence-electron chi connectivity index (χ1n) is 26.1. The Labute approximate surface area is 378 Å². The molecule has 61 heavy (non-hydrogen) atoms. The highest BCUT2D eigenvalue weighted by molar-refractivity contribution is 5.71. The molecule has 0 N–H and O–H groups in total. The lowest BCUT2D eigenvalue weighted by Crippen LogP contribution is -2.30. The number of carbonyl (C=O) groups is 3. The van der Waals surface area contributed by atoms with E-state index in [0.29, 0.717) is 19.3 Å². The van der Waals surface area contributed by atoms with E-state index in [9.17, 15) is 14.4 Å². The predicted octanol–water partition coefficient (Wildman–Crippen LogP) is 17.1. The summed E-state index contributed by atoms with van der Waals surface area (Å²) in [5.74, 6) is -0.902. The van der Waals surface area contributed by atoms with Gasteiger partial charge in [0.2, 0.25) is 0 Å². The molecule has 0 fully saturated rings. The Hall–Kier alpha value is -2.63. The van der Waals surface area contributed by atoms with Gasteiger partial charge in [-0.2, -0.15) is 0 Å². The second-order valence-electron chi connectivity index (χ2n) is 17.4. The van der Waals surface area contributed by atoms with Crippen molar-refractivity contribution in [3.8, 4) is 0 Å². The molecule has 0 spiro atoms. The SMILES string of the molecule is CCCCC/C=C\C/C=C\CCCCCCCC(=O)OC(COC(=O)CCCCCCC/C=C\C/C=C\CCCCCC)COC(=O)CCCCCCCCCCCCCC. The molecule has 0 radical (unpaired) electrons. The van der Waals surface area contributed by atoms with Crippen molar-refractivity contribution >= 4 is 17.9 Å². The zero-order chi connectivity index (χ0) is 44.4. The fourth-order valence-corrected chi connectivity index (χ4v) is 7.33. The van der Waals surface area contributed by atoms with E-state index in [1.54, 1.807) is 0 Å². The average Bonchev–Trinajstić information content (AvgIpc) is 3.26. The van der Waals surface area contributed by atoms with Gasteiger partial charge < -0.3 is 14.2 Å². The van der Waals surface area contributed by atoms with Crippen LogP contribution in [0.3, 0.4) is 0 Å². The number of esters is 3. The summed E-state index contributed by atoms with van der Waals surface area (Å²) in [5.41, 5.74) is 0. The first kappa shape index (κ1) is 58.4. The Kier molecular flexibility index (Phi) is 47.9. The van der Waals surface area contributed by atoms with Gasteiger partial charge in [0.15, 0.2) is 6.10 Å². The third-order valence-corrected chi connectivity index (χ3v) is 11.3. The molecule has 0 bridgehead atoms. The summed E-state index contributed by atoms with van der Waals surface area (Å²) in [6, 6.07) is 0. The van der Waals surface area contributed by atoms with E-state index in [1.165, 1.54) is 122 Å². The molecule has 0 amide bonds. The van der Waals surface area contributed by atoms with E-state index in [4.69, 9.17) is 14.2 Å². The molecule has 0 saturated carbocycles. The molecule has 0 aromatic carbocycles. The van der Waals surface area contributed by atoms with E-state index in [1.807, 2.05) is 0 Å². The highest BCUT2D eigenvalue weighted by Gasteiger charge is 2.19. The van der Waals surface area contributed by atoms with Gasteiger partial charge in [-0.25, -0.2) is 0 Å². The van der Waals surface area contributed by atoms with Crippen LogP contribution in [0, 0.1) is 0 Å². The van der Waals surface area contributed by atoms with Gasteiger partial charge in [-0.3, -0.25) is 14.4 Å². The molecule has 0 aliphatic carbocycles. The molecule has 1 atom stereocenters. The molecule has 0 aromatic heterocycles. The molecule has 1 unspecified atom stereocenters. The lowest BCUT2D eigenvalue weighted by molar-refractivity contribution is -0.167. The summed E-state index contributed by atoms with van der Waals surface area (Å²) >= 11 is 0. The maximum Gasteiger partial charge on any atom is 0.306 e. The van der Waals surface area contributed by atoms with Crippen molar-refractivity contribution in [2.24, 2.45) is 0 Å². The minimum Gasteiger partial charge on any atom is -0.462 e. The largest absolute Gasteiger partial charge is 0.462 e. The maximum absolute atomic E-state index is 12.8. The number of unbranched alkanes of at least 4 members (excludes halogenated alkanes) is 28. The van der Waals surface area contributed by atoms with Crippen LogP contribution < -0.4 is 0 Å². The van der Waals surface area contributed by atoms with Crippen LogP contribution in [0.15, 0.2) is 48.6 Å². The van der Waals surface area contributed by atoms with E-state index in [-0.39, 0.29) is 31.1 Å². The smallest absolute Gasteiger partial charge is 0.306 e. The number of hydrogen-bond acceptors (Lipinski definition) is 6. The zero-order valence-electron chi connectivity index (χ0n) is 40.4. The number of hydrogen-bond donors (Lipinski definition) is 0. The van der Waals surface area contributed by atoms with Gasteiger partial charge in [0.05, 0.1) is 0 Å². The van der Waals surface area contributed by atoms with Crippen LogP contribution in [0.1, 0.15) is 265 Å². The molecule has 0 aliphatic rings. The van der Waals surface area contributed by atoms with E-state index in [0.717, 1.165) is 103 Å². The lowest BCUT2D eigenvalue weighted by Gasteiger charge is -2.18. The zero-order valence-corrected chi connectivity index (χ0v) is 40.4. The summed E-state index contributed by atoms with van der Waals surface area (Å²) in [4.78, 5) is 38.0. The predicted molar refractivity (Wildman–Crippen MR) is 261 cm³/mol. The van der Waals surface area contributed by atoms with Crippen molar-refractivity contribution in [1.29, 1.82) is 0 Å². The third-order valence-electron chi connectivity index (χ3n) is 11.3. The number of carbonyl (C=O) groups excluding carboxylic acids is 3. The first-order chi connectivity index (χ1) is 30.0. The van der Waals surface area contributed by atoms with E-state index < -0.39 is 6.10 Å². The topological polar surface area (TPSA) is 78.9 Å². The maximum atomic E-state index is 12.8. The highest BCUT2D eigenvalue weighted by atomic mass is 16.6. The average molecular weight is 855 g/mol. The highest BCUT2D eigenvalue weighted by Crippen LogP contribution is 2.15. The minimum atomic E-state index is -0.783. The number of ether oxygens (including phenoxy) is 3. The van der Waals surface area contributed by atoms with E-state index in [2.05, 4.69) is 69.4 Å². The van der Waals surface area contributed by atoms with Gasteiger partial charge in [0, 0.05) is 19.3 Å². The fourth-order valence-electron chi connectivity index (χ4n) is 7.33. The first-order valence-corrected chi connectivity index (χ1v) is 26.1. The third kappa shape index (κ3) is 48.3. The lowest BCUT2D eigenvalue weighted by atomic mass is 10.0. The van der Waals surface area contributed by atoms with Gasteiger partial charge in [-0.1, -0.05) is 211 Å². The van der Waals surface area contributed by atoms with Crippen LogP contribution in [0.5, 0.6) is 0 Å². The molecule has 6 nitrogen and oxygen atoms in total. The minimum absolute atomic E-state index is 0.0813. The Morgan fingerprint density at radius 1 is 0.328 bits per heavy atom. The number of allylic oxidation sites excluding steroid dienone is 8. The van der Waals surface area contributed by atoms with E-state index >= 15 is 0 Å². The van der Waals surface area contributed by atoms with Crippen molar-refractivity contribution in [2.75, 3.05) is 13.2 Å². The Bertz CT molecular complexity index is 1070. The molecule has 0 saturated heterocycles.